The van der Waals surface area contributed by atoms with Crippen molar-refractivity contribution in [3.8, 4) is 0 Å². The quantitative estimate of drug-likeness (QED) is 0.723. The number of aromatic nitrogens is 2. The van der Waals surface area contributed by atoms with Crippen LogP contribution in [0, 0.1) is 5.92 Å². The molecule has 0 aromatic carbocycles. The van der Waals surface area contributed by atoms with Gasteiger partial charge in [0.25, 0.3) is 0 Å². The molecule has 92 valence electrons. The second-order valence-electron chi connectivity index (χ2n) is 4.96. The first-order chi connectivity index (χ1) is 8.33. The lowest BCUT2D eigenvalue weighted by Gasteiger charge is -2.26. The molecule has 0 saturated heterocycles. The molecular formula is C12H19N5. The van der Waals surface area contributed by atoms with E-state index >= 15 is 0 Å². The molecule has 1 aliphatic heterocycles. The van der Waals surface area contributed by atoms with Gasteiger partial charge >= 0.3 is 0 Å². The van der Waals surface area contributed by atoms with Crippen LogP contribution in [-0.4, -0.2) is 23.1 Å². The second-order valence-corrected chi connectivity index (χ2v) is 4.96. The summed E-state index contributed by atoms with van der Waals surface area (Å²) < 4.78 is 0. The van der Waals surface area contributed by atoms with Gasteiger partial charge in [0, 0.05) is 31.6 Å². The minimum atomic E-state index is 0.623. The maximum absolute atomic E-state index is 5.96. The van der Waals surface area contributed by atoms with Crippen LogP contribution >= 0.6 is 0 Å². The van der Waals surface area contributed by atoms with Gasteiger partial charge in [-0.2, -0.15) is 4.98 Å². The number of hydrogen-bond donors (Lipinski definition) is 3. The molecule has 0 amide bonds. The summed E-state index contributed by atoms with van der Waals surface area (Å²) >= 11 is 0. The normalized spacial score (nSPS) is 19.5. The third kappa shape index (κ3) is 2.20. The molecule has 1 fully saturated rings. The van der Waals surface area contributed by atoms with Gasteiger partial charge in [-0.05, 0) is 18.8 Å². The Bertz CT molecular complexity index is 414. The molecule has 2 heterocycles. The second kappa shape index (κ2) is 4.49. The van der Waals surface area contributed by atoms with Gasteiger partial charge in [-0.3, -0.25) is 0 Å². The maximum Gasteiger partial charge on any atom is 0.224 e. The maximum atomic E-state index is 5.96. The fourth-order valence-corrected chi connectivity index (χ4v) is 2.38. The van der Waals surface area contributed by atoms with Crippen LogP contribution in [0.5, 0.6) is 0 Å². The number of nitrogens with one attached hydrogen (secondary N) is 2. The van der Waals surface area contributed by atoms with E-state index in [1.807, 2.05) is 0 Å². The van der Waals surface area contributed by atoms with E-state index in [4.69, 9.17) is 5.73 Å². The number of nitrogens with two attached hydrogens (primary N) is 1. The predicted molar refractivity (Wildman–Crippen MR) is 67.7 cm³/mol. The highest BCUT2D eigenvalue weighted by Crippen LogP contribution is 2.26. The molecule has 0 bridgehead atoms. The molecule has 3 rings (SSSR count). The molecule has 5 nitrogen and oxygen atoms in total. The minimum absolute atomic E-state index is 0.623. The Hall–Kier alpha value is -1.36. The van der Waals surface area contributed by atoms with Crippen molar-refractivity contribution < 1.29 is 0 Å². The van der Waals surface area contributed by atoms with Crippen molar-refractivity contribution in [3.05, 3.63) is 11.3 Å². The molecule has 0 spiro atoms. The van der Waals surface area contributed by atoms with E-state index in [-0.39, 0.29) is 0 Å². The van der Waals surface area contributed by atoms with Gasteiger partial charge in [0.05, 0.1) is 5.69 Å². The molecule has 1 aromatic rings. The molecule has 1 saturated carbocycles. The van der Waals surface area contributed by atoms with Crippen molar-refractivity contribution in [3.63, 3.8) is 0 Å². The average Bonchev–Trinajstić information content (AvgIpc) is 2.27. The number of anilines is 2. The summed E-state index contributed by atoms with van der Waals surface area (Å²) in [5, 5.41) is 6.60. The highest BCUT2D eigenvalue weighted by molar-refractivity contribution is 5.48. The standard InChI is InChI=1S/C12H19N5/c13-11-9-7-14-5-4-10(9)16-12(17-11)15-6-8-2-1-3-8/h8,14H,1-7H2,(H3,13,15,16,17). The molecule has 1 aromatic heterocycles. The summed E-state index contributed by atoms with van der Waals surface area (Å²) in [6.45, 7) is 2.76. The van der Waals surface area contributed by atoms with Crippen molar-refractivity contribution in [2.24, 2.45) is 5.92 Å². The summed E-state index contributed by atoms with van der Waals surface area (Å²) in [4.78, 5) is 8.89. The van der Waals surface area contributed by atoms with Crippen LogP contribution in [0.4, 0.5) is 11.8 Å². The molecular weight excluding hydrogens is 214 g/mol. The largest absolute Gasteiger partial charge is 0.383 e. The van der Waals surface area contributed by atoms with Crippen LogP contribution in [0.25, 0.3) is 0 Å². The Balaban J connectivity index is 1.73. The molecule has 5 heteroatoms. The Morgan fingerprint density at radius 2 is 2.24 bits per heavy atom. The first-order valence-electron chi connectivity index (χ1n) is 6.43. The molecule has 4 N–H and O–H groups in total. The van der Waals surface area contributed by atoms with E-state index in [2.05, 4.69) is 20.6 Å². The molecule has 2 aliphatic rings. The summed E-state index contributed by atoms with van der Waals surface area (Å²) in [6.07, 6.45) is 4.97. The first kappa shape index (κ1) is 10.8. The van der Waals surface area contributed by atoms with E-state index in [0.717, 1.165) is 43.2 Å². The van der Waals surface area contributed by atoms with Crippen LogP contribution in [0.1, 0.15) is 30.5 Å². The number of hydrogen-bond acceptors (Lipinski definition) is 5. The zero-order valence-electron chi connectivity index (χ0n) is 10.00. The third-order valence-corrected chi connectivity index (χ3v) is 3.74. The van der Waals surface area contributed by atoms with E-state index in [9.17, 15) is 0 Å². The van der Waals surface area contributed by atoms with Gasteiger partial charge in [0.1, 0.15) is 5.82 Å². The highest BCUT2D eigenvalue weighted by Gasteiger charge is 2.19. The SMILES string of the molecule is Nc1nc(NCC2CCC2)nc2c1CNCC2. The summed E-state index contributed by atoms with van der Waals surface area (Å²) in [5.74, 6) is 2.13. The van der Waals surface area contributed by atoms with Crippen LogP contribution in [0.15, 0.2) is 0 Å². The Kier molecular flexibility index (Phi) is 2.84. The summed E-state index contributed by atoms with van der Waals surface area (Å²) in [7, 11) is 0. The molecule has 17 heavy (non-hydrogen) atoms. The highest BCUT2D eigenvalue weighted by atomic mass is 15.1. The fraction of sp³-hybridized carbons (Fsp3) is 0.667. The van der Waals surface area contributed by atoms with Crippen LogP contribution in [0.2, 0.25) is 0 Å². The summed E-state index contributed by atoms with van der Waals surface area (Å²) in [5.41, 5.74) is 8.14. The zero-order chi connectivity index (χ0) is 11.7. The lowest BCUT2D eigenvalue weighted by atomic mass is 9.85. The van der Waals surface area contributed by atoms with Crippen molar-refractivity contribution in [1.82, 2.24) is 15.3 Å². The van der Waals surface area contributed by atoms with Gasteiger partial charge in [0.2, 0.25) is 5.95 Å². The average molecular weight is 233 g/mol. The van der Waals surface area contributed by atoms with E-state index < -0.39 is 0 Å². The van der Waals surface area contributed by atoms with Gasteiger partial charge in [-0.1, -0.05) is 6.42 Å². The van der Waals surface area contributed by atoms with Crippen molar-refractivity contribution in [1.29, 1.82) is 0 Å². The number of rotatable bonds is 3. The lowest BCUT2D eigenvalue weighted by Crippen LogP contribution is -2.27. The van der Waals surface area contributed by atoms with Gasteiger partial charge in [-0.25, -0.2) is 4.98 Å². The molecule has 1 aliphatic carbocycles. The Labute approximate surface area is 101 Å². The molecule has 0 radical (unpaired) electrons. The van der Waals surface area contributed by atoms with Gasteiger partial charge in [-0.15, -0.1) is 0 Å². The van der Waals surface area contributed by atoms with Crippen molar-refractivity contribution in [2.75, 3.05) is 24.1 Å². The van der Waals surface area contributed by atoms with E-state index in [1.54, 1.807) is 0 Å². The third-order valence-electron chi connectivity index (χ3n) is 3.74. The number of nitrogen functional groups attached to an aromatic ring is 1. The van der Waals surface area contributed by atoms with Gasteiger partial charge in [0.15, 0.2) is 0 Å². The van der Waals surface area contributed by atoms with Crippen LogP contribution in [0.3, 0.4) is 0 Å². The smallest absolute Gasteiger partial charge is 0.224 e. The Morgan fingerprint density at radius 3 is 3.00 bits per heavy atom. The number of fused-ring (bicyclic) bond motifs is 1. The van der Waals surface area contributed by atoms with E-state index in [1.165, 1.54) is 19.3 Å². The first-order valence-corrected chi connectivity index (χ1v) is 6.43. The predicted octanol–water partition coefficient (Wildman–Crippen LogP) is 0.916. The minimum Gasteiger partial charge on any atom is -0.383 e. The zero-order valence-corrected chi connectivity index (χ0v) is 10.00. The van der Waals surface area contributed by atoms with E-state index in [0.29, 0.717) is 11.8 Å². The topological polar surface area (TPSA) is 75.9 Å². The lowest BCUT2D eigenvalue weighted by molar-refractivity contribution is 0.333. The molecule has 0 unspecified atom stereocenters. The van der Waals surface area contributed by atoms with Gasteiger partial charge < -0.3 is 16.4 Å². The summed E-state index contributed by atoms with van der Waals surface area (Å²) in [6, 6.07) is 0. The van der Waals surface area contributed by atoms with Crippen LogP contribution < -0.4 is 16.4 Å². The monoisotopic (exact) mass is 233 g/mol. The van der Waals surface area contributed by atoms with Crippen molar-refractivity contribution in [2.45, 2.75) is 32.2 Å². The fourth-order valence-electron chi connectivity index (χ4n) is 2.38. The van der Waals surface area contributed by atoms with Crippen molar-refractivity contribution >= 4 is 11.8 Å². The number of nitrogens with zero attached hydrogens (tertiary/aromatic N) is 2. The molecule has 0 atom stereocenters. The van der Waals surface area contributed by atoms with Crippen LogP contribution in [-0.2, 0) is 13.0 Å². The Morgan fingerprint density at radius 1 is 1.35 bits per heavy atom.